The van der Waals surface area contributed by atoms with Crippen molar-refractivity contribution >= 4 is 34.0 Å². The Balaban J connectivity index is 1.27. The number of fused-ring (bicyclic) bond motifs is 1. The molecule has 1 aromatic carbocycles. The van der Waals surface area contributed by atoms with Crippen molar-refractivity contribution in [2.24, 2.45) is 13.0 Å². The second-order valence-electron chi connectivity index (χ2n) is 9.65. The first-order valence-electron chi connectivity index (χ1n) is 12.5. The summed E-state index contributed by atoms with van der Waals surface area (Å²) in [5.74, 6) is 0.967. The van der Waals surface area contributed by atoms with Gasteiger partial charge in [0.25, 0.3) is 0 Å². The van der Waals surface area contributed by atoms with Crippen LogP contribution in [0.4, 0.5) is 15.5 Å². The molecular formula is C27H35N5O4S. The summed E-state index contributed by atoms with van der Waals surface area (Å²) in [6, 6.07) is 7.78. The van der Waals surface area contributed by atoms with Gasteiger partial charge in [0.15, 0.2) is 0 Å². The smallest absolute Gasteiger partial charge is 0.407 e. The standard InChI is InChI=1S/C27H35N5O4S/c1-16(19-6-5-7-21(12-19)35-4)10-24(33)30-26-25(28)22-9-8-18(11-23(22)37-26)15-36-27(34)29-13-20-14-32(3)31-17(20)2/h5-7,12,14,16,18H,8-11,13,15,28H2,1-4H3,(H,29,34)(H,30,33). The lowest BCUT2D eigenvalue weighted by molar-refractivity contribution is -0.116. The van der Waals surface area contributed by atoms with Crippen LogP contribution in [0.25, 0.3) is 0 Å². The van der Waals surface area contributed by atoms with Gasteiger partial charge in [0.05, 0.1) is 25.1 Å². The molecule has 2 amide bonds. The summed E-state index contributed by atoms with van der Waals surface area (Å²) >= 11 is 1.53. The molecule has 4 N–H and O–H groups in total. The fourth-order valence-corrected chi connectivity index (χ4v) is 5.97. The van der Waals surface area contributed by atoms with E-state index in [2.05, 4.69) is 15.7 Å². The van der Waals surface area contributed by atoms with E-state index in [4.69, 9.17) is 15.2 Å². The Morgan fingerprint density at radius 3 is 2.89 bits per heavy atom. The predicted octanol–water partition coefficient (Wildman–Crippen LogP) is 4.54. The lowest BCUT2D eigenvalue weighted by Crippen LogP contribution is -2.27. The molecule has 0 bridgehead atoms. The predicted molar refractivity (Wildman–Crippen MR) is 145 cm³/mol. The van der Waals surface area contributed by atoms with Crippen molar-refractivity contribution in [1.82, 2.24) is 15.1 Å². The Bertz CT molecular complexity index is 1270. The van der Waals surface area contributed by atoms with Gasteiger partial charge in [-0.2, -0.15) is 5.10 Å². The second kappa shape index (κ2) is 11.7. The largest absolute Gasteiger partial charge is 0.497 e. The van der Waals surface area contributed by atoms with E-state index in [0.717, 1.165) is 52.3 Å². The molecule has 0 fully saturated rings. The molecule has 2 atom stereocenters. The molecule has 0 radical (unpaired) electrons. The number of ether oxygens (including phenoxy) is 2. The number of aromatic nitrogens is 2. The summed E-state index contributed by atoms with van der Waals surface area (Å²) in [5, 5.41) is 10.8. The summed E-state index contributed by atoms with van der Waals surface area (Å²) in [6.45, 7) is 4.66. The average molecular weight is 526 g/mol. The zero-order valence-electron chi connectivity index (χ0n) is 21.8. The Kier molecular flexibility index (Phi) is 8.38. The zero-order valence-corrected chi connectivity index (χ0v) is 22.6. The highest BCUT2D eigenvalue weighted by Gasteiger charge is 2.26. The van der Waals surface area contributed by atoms with Gasteiger partial charge >= 0.3 is 6.09 Å². The van der Waals surface area contributed by atoms with Gasteiger partial charge in [0.2, 0.25) is 5.91 Å². The van der Waals surface area contributed by atoms with Crippen LogP contribution in [0.2, 0.25) is 0 Å². The van der Waals surface area contributed by atoms with Gasteiger partial charge in [-0.3, -0.25) is 9.48 Å². The zero-order chi connectivity index (χ0) is 26.5. The number of carbonyl (C=O) groups is 2. The fourth-order valence-electron chi connectivity index (χ4n) is 4.67. The molecule has 4 rings (SSSR count). The third kappa shape index (κ3) is 6.62. The number of nitrogen functional groups attached to an aromatic ring is 1. The molecule has 0 saturated carbocycles. The van der Waals surface area contributed by atoms with Crippen molar-refractivity contribution in [3.05, 3.63) is 57.7 Å². The van der Waals surface area contributed by atoms with Gasteiger partial charge in [-0.15, -0.1) is 11.3 Å². The molecule has 10 heteroatoms. The van der Waals surface area contributed by atoms with Crippen LogP contribution < -0.4 is 21.1 Å². The van der Waals surface area contributed by atoms with Crippen molar-refractivity contribution in [3.63, 3.8) is 0 Å². The highest BCUT2D eigenvalue weighted by Crippen LogP contribution is 2.42. The number of hydrogen-bond donors (Lipinski definition) is 3. The highest BCUT2D eigenvalue weighted by molar-refractivity contribution is 7.17. The fraction of sp³-hybridized carbons (Fsp3) is 0.444. The number of alkyl carbamates (subject to hydrolysis) is 1. The van der Waals surface area contributed by atoms with Gasteiger partial charge in [0, 0.05) is 36.7 Å². The molecule has 2 unspecified atom stereocenters. The number of carbonyl (C=O) groups excluding carboxylic acids is 2. The molecular weight excluding hydrogens is 490 g/mol. The Hall–Kier alpha value is -3.53. The minimum absolute atomic E-state index is 0.0423. The number of nitrogens with zero attached hydrogens (tertiary/aromatic N) is 2. The lowest BCUT2D eigenvalue weighted by Gasteiger charge is -2.22. The van der Waals surface area contributed by atoms with Crippen LogP contribution in [0.5, 0.6) is 5.75 Å². The Labute approximate surface area is 221 Å². The first-order valence-corrected chi connectivity index (χ1v) is 13.3. The summed E-state index contributed by atoms with van der Waals surface area (Å²) in [4.78, 5) is 26.1. The van der Waals surface area contributed by atoms with Crippen molar-refractivity contribution in [2.75, 3.05) is 24.8 Å². The molecule has 198 valence electrons. The molecule has 2 aromatic heterocycles. The van der Waals surface area contributed by atoms with Crippen LogP contribution in [0.1, 0.15) is 52.9 Å². The molecule has 0 aliphatic heterocycles. The Morgan fingerprint density at radius 2 is 2.16 bits per heavy atom. The highest BCUT2D eigenvalue weighted by atomic mass is 32.1. The van der Waals surface area contributed by atoms with Crippen LogP contribution in [0.15, 0.2) is 30.5 Å². The van der Waals surface area contributed by atoms with Crippen LogP contribution in [-0.2, 0) is 36.0 Å². The van der Waals surface area contributed by atoms with Crippen molar-refractivity contribution < 1.29 is 19.1 Å². The minimum atomic E-state index is -0.433. The van der Waals surface area contributed by atoms with Crippen molar-refractivity contribution in [3.8, 4) is 5.75 Å². The van der Waals surface area contributed by atoms with E-state index in [1.807, 2.05) is 51.4 Å². The van der Waals surface area contributed by atoms with Gasteiger partial charge in [-0.25, -0.2) is 4.79 Å². The average Bonchev–Trinajstić information content (AvgIpc) is 3.37. The minimum Gasteiger partial charge on any atom is -0.497 e. The normalized spacial score (nSPS) is 15.5. The Morgan fingerprint density at radius 1 is 1.35 bits per heavy atom. The monoisotopic (exact) mass is 525 g/mol. The molecule has 0 spiro atoms. The van der Waals surface area contributed by atoms with E-state index in [1.54, 1.807) is 11.8 Å². The topological polar surface area (TPSA) is 121 Å². The summed E-state index contributed by atoms with van der Waals surface area (Å²) in [7, 11) is 3.48. The van der Waals surface area contributed by atoms with E-state index >= 15 is 0 Å². The van der Waals surface area contributed by atoms with E-state index < -0.39 is 6.09 Å². The SMILES string of the molecule is COc1cccc(C(C)CC(=O)Nc2sc3c(c2N)CCC(COC(=O)NCc2cn(C)nc2C)C3)c1. The lowest BCUT2D eigenvalue weighted by atomic mass is 9.89. The van der Waals surface area contributed by atoms with Crippen LogP contribution in [0.3, 0.4) is 0 Å². The molecule has 3 aromatic rings. The molecule has 2 heterocycles. The van der Waals surface area contributed by atoms with Gasteiger partial charge in [-0.05, 0) is 61.3 Å². The second-order valence-corrected chi connectivity index (χ2v) is 10.8. The molecule has 37 heavy (non-hydrogen) atoms. The quantitative estimate of drug-likeness (QED) is 0.377. The number of benzene rings is 1. The maximum atomic E-state index is 12.8. The van der Waals surface area contributed by atoms with E-state index in [0.29, 0.717) is 30.3 Å². The van der Waals surface area contributed by atoms with E-state index in [-0.39, 0.29) is 17.7 Å². The van der Waals surface area contributed by atoms with Crippen molar-refractivity contribution in [2.45, 2.75) is 52.0 Å². The van der Waals surface area contributed by atoms with E-state index in [9.17, 15) is 9.59 Å². The molecule has 9 nitrogen and oxygen atoms in total. The maximum Gasteiger partial charge on any atom is 0.407 e. The number of rotatable bonds is 9. The first kappa shape index (κ1) is 26.5. The molecule has 1 aliphatic carbocycles. The van der Waals surface area contributed by atoms with Crippen molar-refractivity contribution in [1.29, 1.82) is 0 Å². The number of hydrogen-bond acceptors (Lipinski definition) is 7. The number of thiophene rings is 1. The third-order valence-electron chi connectivity index (χ3n) is 6.80. The number of amides is 2. The summed E-state index contributed by atoms with van der Waals surface area (Å²) in [5.41, 5.74) is 11.1. The number of nitrogens with two attached hydrogens (primary N) is 1. The van der Waals surface area contributed by atoms with Gasteiger partial charge < -0.3 is 25.8 Å². The number of nitrogens with one attached hydrogen (secondary N) is 2. The summed E-state index contributed by atoms with van der Waals surface area (Å²) in [6.07, 6.45) is 4.25. The number of anilines is 2. The van der Waals surface area contributed by atoms with Crippen LogP contribution >= 0.6 is 11.3 Å². The first-order chi connectivity index (χ1) is 17.7. The number of methoxy groups -OCH3 is 1. The van der Waals surface area contributed by atoms with Crippen LogP contribution in [0, 0.1) is 12.8 Å². The van der Waals surface area contributed by atoms with E-state index in [1.165, 1.54) is 11.3 Å². The van der Waals surface area contributed by atoms with Gasteiger partial charge in [-0.1, -0.05) is 19.1 Å². The third-order valence-corrected chi connectivity index (χ3v) is 7.99. The molecule has 1 aliphatic rings. The van der Waals surface area contributed by atoms with Gasteiger partial charge in [0.1, 0.15) is 10.8 Å². The van der Waals surface area contributed by atoms with Crippen LogP contribution in [-0.4, -0.2) is 35.5 Å². The number of aryl methyl sites for hydroxylation is 2. The maximum absolute atomic E-state index is 12.8. The molecule has 0 saturated heterocycles. The summed E-state index contributed by atoms with van der Waals surface area (Å²) < 4.78 is 12.5.